The highest BCUT2D eigenvalue weighted by atomic mass is 16.5. The molecule has 0 spiro atoms. The van der Waals surface area contributed by atoms with Crippen molar-refractivity contribution in [3.63, 3.8) is 0 Å². The molecule has 4 heteroatoms. The van der Waals surface area contributed by atoms with Gasteiger partial charge in [-0.25, -0.2) is 0 Å². The predicted octanol–water partition coefficient (Wildman–Crippen LogP) is 1.03. The molecule has 4 nitrogen and oxygen atoms in total. The Morgan fingerprint density at radius 2 is 1.94 bits per heavy atom. The molecular formula is C14H22N2O2. The summed E-state index contributed by atoms with van der Waals surface area (Å²) in [5.74, 6) is 0.902. The lowest BCUT2D eigenvalue weighted by Crippen LogP contribution is -2.48. The van der Waals surface area contributed by atoms with Gasteiger partial charge < -0.3 is 20.1 Å². The first-order chi connectivity index (χ1) is 8.95. The molecule has 0 aromatic heterocycles. The van der Waals surface area contributed by atoms with Crippen LogP contribution in [0.4, 0.5) is 0 Å². The van der Waals surface area contributed by atoms with E-state index in [2.05, 4.69) is 10.6 Å². The van der Waals surface area contributed by atoms with E-state index in [1.165, 1.54) is 0 Å². The normalized spacial score (nSPS) is 19.7. The van der Waals surface area contributed by atoms with Crippen LogP contribution in [-0.4, -0.2) is 45.5 Å². The fourth-order valence-corrected chi connectivity index (χ4v) is 1.98. The maximum absolute atomic E-state index is 5.57. The van der Waals surface area contributed by atoms with Crippen molar-refractivity contribution in [3.05, 3.63) is 30.3 Å². The van der Waals surface area contributed by atoms with Gasteiger partial charge in [-0.3, -0.25) is 0 Å². The molecule has 0 bridgehead atoms. The van der Waals surface area contributed by atoms with Crippen LogP contribution in [0.15, 0.2) is 30.3 Å². The zero-order chi connectivity index (χ0) is 12.5. The Morgan fingerprint density at radius 1 is 1.06 bits per heavy atom. The molecule has 1 heterocycles. The summed E-state index contributed by atoms with van der Waals surface area (Å²) in [5.41, 5.74) is 0. The number of piperazine rings is 1. The molecule has 1 aromatic carbocycles. The van der Waals surface area contributed by atoms with Gasteiger partial charge >= 0.3 is 0 Å². The highest BCUT2D eigenvalue weighted by molar-refractivity contribution is 5.20. The van der Waals surface area contributed by atoms with Crippen molar-refractivity contribution in [2.45, 2.75) is 12.5 Å². The number of nitrogens with one attached hydrogen (secondary N) is 2. The second-order valence-electron chi connectivity index (χ2n) is 4.42. The molecule has 1 saturated heterocycles. The molecule has 1 fully saturated rings. The second-order valence-corrected chi connectivity index (χ2v) is 4.42. The largest absolute Gasteiger partial charge is 0.491 e. The van der Waals surface area contributed by atoms with Crippen LogP contribution in [0.1, 0.15) is 6.42 Å². The highest BCUT2D eigenvalue weighted by Crippen LogP contribution is 2.07. The molecule has 1 aliphatic rings. The number of rotatable bonds is 7. The summed E-state index contributed by atoms with van der Waals surface area (Å²) in [6.45, 7) is 5.22. The Morgan fingerprint density at radius 3 is 2.72 bits per heavy atom. The van der Waals surface area contributed by atoms with E-state index in [0.29, 0.717) is 19.3 Å². The molecule has 2 rings (SSSR count). The first-order valence-corrected chi connectivity index (χ1v) is 6.65. The van der Waals surface area contributed by atoms with Crippen LogP contribution in [0.2, 0.25) is 0 Å². The van der Waals surface area contributed by atoms with Crippen LogP contribution in [0.25, 0.3) is 0 Å². The van der Waals surface area contributed by atoms with Crippen LogP contribution in [0, 0.1) is 0 Å². The lowest BCUT2D eigenvalue weighted by Gasteiger charge is -2.24. The van der Waals surface area contributed by atoms with Gasteiger partial charge in [0.25, 0.3) is 0 Å². The summed E-state index contributed by atoms with van der Waals surface area (Å²) in [7, 11) is 0. The maximum Gasteiger partial charge on any atom is 0.119 e. The third kappa shape index (κ3) is 5.04. The van der Waals surface area contributed by atoms with E-state index in [1.807, 2.05) is 30.3 Å². The van der Waals surface area contributed by atoms with Crippen LogP contribution >= 0.6 is 0 Å². The monoisotopic (exact) mass is 250 g/mol. The van der Waals surface area contributed by atoms with Gasteiger partial charge in [-0.1, -0.05) is 18.2 Å². The van der Waals surface area contributed by atoms with Crippen LogP contribution in [-0.2, 0) is 4.74 Å². The first-order valence-electron chi connectivity index (χ1n) is 6.65. The molecule has 1 atom stereocenters. The van der Waals surface area contributed by atoms with Crippen molar-refractivity contribution in [3.8, 4) is 5.75 Å². The molecule has 2 N–H and O–H groups in total. The number of benzene rings is 1. The topological polar surface area (TPSA) is 42.5 Å². The van der Waals surface area contributed by atoms with Gasteiger partial charge in [-0.2, -0.15) is 0 Å². The van der Waals surface area contributed by atoms with Gasteiger partial charge in [-0.15, -0.1) is 0 Å². The Hall–Kier alpha value is -1.10. The zero-order valence-corrected chi connectivity index (χ0v) is 10.7. The molecule has 0 radical (unpaired) electrons. The van der Waals surface area contributed by atoms with Crippen LogP contribution in [0.5, 0.6) is 5.75 Å². The van der Waals surface area contributed by atoms with Gasteiger partial charge in [-0.05, 0) is 18.6 Å². The Balaban J connectivity index is 1.46. The number of para-hydroxylation sites is 1. The van der Waals surface area contributed by atoms with Gasteiger partial charge in [0.05, 0.1) is 6.61 Å². The first kappa shape index (κ1) is 13.3. The lowest BCUT2D eigenvalue weighted by molar-refractivity contribution is 0.0919. The van der Waals surface area contributed by atoms with Crippen molar-refractivity contribution >= 4 is 0 Å². The molecule has 1 aliphatic heterocycles. The van der Waals surface area contributed by atoms with Crippen molar-refractivity contribution in [2.75, 3.05) is 39.5 Å². The zero-order valence-electron chi connectivity index (χ0n) is 10.7. The summed E-state index contributed by atoms with van der Waals surface area (Å²) in [4.78, 5) is 0. The molecule has 0 aliphatic carbocycles. The van der Waals surface area contributed by atoms with Crippen LogP contribution < -0.4 is 15.4 Å². The standard InChI is InChI=1S/C14H22N2O2/c1-2-4-14(5-3-1)18-11-10-17-9-6-13-12-15-7-8-16-13/h1-5,13,15-16H,6-12H2. The van der Waals surface area contributed by atoms with Crippen molar-refractivity contribution < 1.29 is 9.47 Å². The van der Waals surface area contributed by atoms with E-state index in [4.69, 9.17) is 9.47 Å². The van der Waals surface area contributed by atoms with Crippen molar-refractivity contribution in [2.24, 2.45) is 0 Å². The highest BCUT2D eigenvalue weighted by Gasteiger charge is 2.10. The van der Waals surface area contributed by atoms with E-state index in [9.17, 15) is 0 Å². The third-order valence-corrected chi connectivity index (χ3v) is 2.98. The second kappa shape index (κ2) is 8.08. The minimum Gasteiger partial charge on any atom is -0.491 e. The summed E-state index contributed by atoms with van der Waals surface area (Å²) in [6, 6.07) is 10.4. The molecule has 0 saturated carbocycles. The van der Waals surface area contributed by atoms with Gasteiger partial charge in [0, 0.05) is 32.3 Å². The third-order valence-electron chi connectivity index (χ3n) is 2.98. The minimum absolute atomic E-state index is 0.550. The van der Waals surface area contributed by atoms with E-state index in [-0.39, 0.29) is 0 Å². The van der Waals surface area contributed by atoms with E-state index < -0.39 is 0 Å². The fraction of sp³-hybridized carbons (Fsp3) is 0.571. The average Bonchev–Trinajstić information content (AvgIpc) is 2.45. The Kier molecular flexibility index (Phi) is 5.99. The molecular weight excluding hydrogens is 228 g/mol. The number of hydrogen-bond acceptors (Lipinski definition) is 4. The van der Waals surface area contributed by atoms with E-state index in [1.54, 1.807) is 0 Å². The maximum atomic E-state index is 5.57. The summed E-state index contributed by atoms with van der Waals surface area (Å²) >= 11 is 0. The molecule has 18 heavy (non-hydrogen) atoms. The number of ether oxygens (including phenoxy) is 2. The predicted molar refractivity (Wildman–Crippen MR) is 72.0 cm³/mol. The van der Waals surface area contributed by atoms with Gasteiger partial charge in [0.1, 0.15) is 12.4 Å². The molecule has 1 unspecified atom stereocenters. The Labute approximate surface area is 109 Å². The van der Waals surface area contributed by atoms with E-state index >= 15 is 0 Å². The quantitative estimate of drug-likeness (QED) is 0.709. The minimum atomic E-state index is 0.550. The average molecular weight is 250 g/mol. The van der Waals surface area contributed by atoms with Crippen molar-refractivity contribution in [1.82, 2.24) is 10.6 Å². The summed E-state index contributed by atoms with van der Waals surface area (Å²) in [5, 5.41) is 6.83. The molecule has 1 aromatic rings. The van der Waals surface area contributed by atoms with E-state index in [0.717, 1.165) is 38.4 Å². The van der Waals surface area contributed by atoms with Crippen LogP contribution in [0.3, 0.4) is 0 Å². The SMILES string of the molecule is c1ccc(OCCOCCC2CNCCN2)cc1. The smallest absolute Gasteiger partial charge is 0.119 e. The van der Waals surface area contributed by atoms with Crippen molar-refractivity contribution in [1.29, 1.82) is 0 Å². The molecule has 0 amide bonds. The van der Waals surface area contributed by atoms with Gasteiger partial charge in [0.2, 0.25) is 0 Å². The fourth-order valence-electron chi connectivity index (χ4n) is 1.98. The van der Waals surface area contributed by atoms with Gasteiger partial charge in [0.15, 0.2) is 0 Å². The number of hydrogen-bond donors (Lipinski definition) is 2. The summed E-state index contributed by atoms with van der Waals surface area (Å²) < 4.78 is 11.1. The summed E-state index contributed by atoms with van der Waals surface area (Å²) in [6.07, 6.45) is 1.05. The lowest BCUT2D eigenvalue weighted by atomic mass is 10.2. The Bertz CT molecular complexity index is 313. The molecule has 100 valence electrons.